The van der Waals surface area contributed by atoms with Gasteiger partial charge in [0.05, 0.1) is 5.41 Å². The van der Waals surface area contributed by atoms with Gasteiger partial charge in [-0.2, -0.15) is 4.98 Å². The van der Waals surface area contributed by atoms with Gasteiger partial charge in [0.1, 0.15) is 0 Å². The molecule has 24 heavy (non-hydrogen) atoms. The molecule has 2 heterocycles. The number of hydrogen-bond donors (Lipinski definition) is 1. The molecule has 1 fully saturated rings. The first-order valence-corrected chi connectivity index (χ1v) is 8.46. The van der Waals surface area contributed by atoms with E-state index in [0.717, 1.165) is 6.42 Å². The fourth-order valence-electron chi connectivity index (χ4n) is 2.84. The number of nitrogens with zero attached hydrogens (tertiary/aromatic N) is 3. The highest BCUT2D eigenvalue weighted by atomic mass is 16.5. The second-order valence-corrected chi connectivity index (χ2v) is 7.90. The Morgan fingerprint density at radius 3 is 2.67 bits per heavy atom. The molecule has 1 saturated heterocycles. The topological polar surface area (TPSA) is 96.5 Å². The van der Waals surface area contributed by atoms with Gasteiger partial charge in [0, 0.05) is 31.3 Å². The molecule has 1 unspecified atom stereocenters. The smallest absolute Gasteiger partial charge is 0.311 e. The van der Waals surface area contributed by atoms with Crippen LogP contribution in [0.3, 0.4) is 0 Å². The number of rotatable bonds is 5. The van der Waals surface area contributed by atoms with Crippen LogP contribution in [-0.4, -0.2) is 45.1 Å². The third-order valence-corrected chi connectivity index (χ3v) is 4.49. The number of aryl methyl sites for hydroxylation is 1. The van der Waals surface area contributed by atoms with E-state index in [1.54, 1.807) is 11.8 Å². The lowest BCUT2D eigenvalue weighted by atomic mass is 9.82. The lowest BCUT2D eigenvalue weighted by molar-refractivity contribution is -0.153. The Morgan fingerprint density at radius 1 is 1.38 bits per heavy atom. The summed E-state index contributed by atoms with van der Waals surface area (Å²) in [6, 6.07) is 0. The second-order valence-electron chi connectivity index (χ2n) is 7.90. The zero-order valence-electron chi connectivity index (χ0n) is 15.0. The molecule has 1 aromatic heterocycles. The van der Waals surface area contributed by atoms with Crippen LogP contribution in [0.1, 0.15) is 65.1 Å². The van der Waals surface area contributed by atoms with Crippen molar-refractivity contribution in [1.29, 1.82) is 0 Å². The molecule has 0 aliphatic carbocycles. The van der Waals surface area contributed by atoms with Crippen molar-refractivity contribution >= 4 is 11.9 Å². The van der Waals surface area contributed by atoms with Crippen LogP contribution in [0.5, 0.6) is 0 Å². The molecular formula is C17H27N3O4. The molecule has 7 heteroatoms. The molecule has 1 amide bonds. The number of piperidine rings is 1. The lowest BCUT2D eigenvalue weighted by Crippen LogP contribution is -2.48. The van der Waals surface area contributed by atoms with Gasteiger partial charge < -0.3 is 14.5 Å². The third kappa shape index (κ3) is 4.33. The quantitative estimate of drug-likeness (QED) is 0.886. The molecule has 0 aromatic carbocycles. The monoisotopic (exact) mass is 337 g/mol. The van der Waals surface area contributed by atoms with Crippen molar-refractivity contribution < 1.29 is 19.2 Å². The largest absolute Gasteiger partial charge is 0.481 e. The van der Waals surface area contributed by atoms with Crippen LogP contribution in [0.2, 0.25) is 0 Å². The van der Waals surface area contributed by atoms with E-state index < -0.39 is 11.4 Å². The van der Waals surface area contributed by atoms with E-state index in [1.165, 1.54) is 0 Å². The first-order chi connectivity index (χ1) is 11.1. The number of likely N-dealkylation sites (tertiary alicyclic amines) is 1. The number of carboxylic acid groups (broad SMARTS) is 1. The Labute approximate surface area is 142 Å². The van der Waals surface area contributed by atoms with Crippen molar-refractivity contribution in [3.8, 4) is 0 Å². The fourth-order valence-corrected chi connectivity index (χ4v) is 2.84. The summed E-state index contributed by atoms with van der Waals surface area (Å²) in [6.07, 6.45) is 2.88. The Balaban J connectivity index is 1.83. The van der Waals surface area contributed by atoms with Crippen molar-refractivity contribution in [1.82, 2.24) is 15.0 Å². The summed E-state index contributed by atoms with van der Waals surface area (Å²) in [5, 5.41) is 13.3. The van der Waals surface area contributed by atoms with Gasteiger partial charge >= 0.3 is 5.97 Å². The van der Waals surface area contributed by atoms with Gasteiger partial charge in [-0.05, 0) is 26.2 Å². The third-order valence-electron chi connectivity index (χ3n) is 4.49. The van der Waals surface area contributed by atoms with E-state index >= 15 is 0 Å². The highest BCUT2D eigenvalue weighted by Gasteiger charge is 2.39. The van der Waals surface area contributed by atoms with Gasteiger partial charge in [-0.3, -0.25) is 9.59 Å². The average molecular weight is 337 g/mol. The van der Waals surface area contributed by atoms with E-state index in [0.29, 0.717) is 43.9 Å². The van der Waals surface area contributed by atoms with E-state index in [1.807, 2.05) is 20.8 Å². The minimum Gasteiger partial charge on any atom is -0.481 e. The number of carbonyl (C=O) groups excluding carboxylic acids is 1. The van der Waals surface area contributed by atoms with Crippen molar-refractivity contribution in [2.75, 3.05) is 13.1 Å². The first kappa shape index (κ1) is 18.4. The SMILES string of the molecule is CC1(C(=O)O)CCCN(C(=O)CCCc2nc(C(C)(C)C)no2)C1. The van der Waals surface area contributed by atoms with Gasteiger partial charge in [-0.15, -0.1) is 0 Å². The Kier molecular flexibility index (Phi) is 5.30. The van der Waals surface area contributed by atoms with E-state index in [2.05, 4.69) is 10.1 Å². The van der Waals surface area contributed by atoms with Gasteiger partial charge in [-0.1, -0.05) is 25.9 Å². The fraction of sp³-hybridized carbons (Fsp3) is 0.765. The van der Waals surface area contributed by atoms with Crippen LogP contribution >= 0.6 is 0 Å². The van der Waals surface area contributed by atoms with E-state index in [-0.39, 0.29) is 17.9 Å². The number of amides is 1. The van der Waals surface area contributed by atoms with Gasteiger partial charge in [-0.25, -0.2) is 0 Å². The minimum absolute atomic E-state index is 0.00210. The maximum atomic E-state index is 12.3. The number of aliphatic carboxylic acids is 1. The minimum atomic E-state index is -0.833. The summed E-state index contributed by atoms with van der Waals surface area (Å²) < 4.78 is 5.22. The van der Waals surface area contributed by atoms with E-state index in [4.69, 9.17) is 4.52 Å². The molecular weight excluding hydrogens is 310 g/mol. The Bertz CT molecular complexity index is 605. The van der Waals surface area contributed by atoms with Gasteiger partial charge in [0.15, 0.2) is 5.82 Å². The summed E-state index contributed by atoms with van der Waals surface area (Å²) in [6.45, 7) is 8.68. The van der Waals surface area contributed by atoms with Crippen LogP contribution in [0.15, 0.2) is 4.52 Å². The summed E-state index contributed by atoms with van der Waals surface area (Å²) >= 11 is 0. The van der Waals surface area contributed by atoms with Crippen molar-refractivity contribution in [2.45, 2.75) is 65.2 Å². The van der Waals surface area contributed by atoms with Crippen molar-refractivity contribution in [3.63, 3.8) is 0 Å². The van der Waals surface area contributed by atoms with E-state index in [9.17, 15) is 14.7 Å². The van der Waals surface area contributed by atoms with Crippen LogP contribution in [-0.2, 0) is 21.4 Å². The Morgan fingerprint density at radius 2 is 2.08 bits per heavy atom. The zero-order valence-corrected chi connectivity index (χ0v) is 15.0. The predicted molar refractivity (Wildman–Crippen MR) is 87.5 cm³/mol. The summed E-state index contributed by atoms with van der Waals surface area (Å²) in [4.78, 5) is 29.7. The molecule has 0 saturated carbocycles. The molecule has 1 atom stereocenters. The van der Waals surface area contributed by atoms with Crippen LogP contribution in [0.4, 0.5) is 0 Å². The molecule has 7 nitrogen and oxygen atoms in total. The Hall–Kier alpha value is -1.92. The maximum Gasteiger partial charge on any atom is 0.311 e. The number of carboxylic acids is 1. The molecule has 0 radical (unpaired) electrons. The lowest BCUT2D eigenvalue weighted by Gasteiger charge is -2.37. The highest BCUT2D eigenvalue weighted by molar-refractivity contribution is 5.79. The molecule has 1 N–H and O–H groups in total. The van der Waals surface area contributed by atoms with Crippen LogP contribution in [0, 0.1) is 5.41 Å². The van der Waals surface area contributed by atoms with Crippen LogP contribution < -0.4 is 0 Å². The second kappa shape index (κ2) is 6.91. The first-order valence-electron chi connectivity index (χ1n) is 8.46. The number of hydrogen-bond acceptors (Lipinski definition) is 5. The highest BCUT2D eigenvalue weighted by Crippen LogP contribution is 2.30. The molecule has 1 aliphatic rings. The molecule has 134 valence electrons. The average Bonchev–Trinajstić information content (AvgIpc) is 2.96. The molecule has 2 rings (SSSR count). The molecule has 0 bridgehead atoms. The number of carbonyl (C=O) groups is 2. The standard InChI is InChI=1S/C17H27N3O4/c1-16(2,3)14-18-12(24-19-14)7-5-8-13(21)20-10-6-9-17(4,11-20)15(22)23/h5-11H2,1-4H3,(H,22,23). The van der Waals surface area contributed by atoms with Crippen molar-refractivity contribution in [2.24, 2.45) is 5.41 Å². The predicted octanol–water partition coefficient (Wildman–Crippen LogP) is 2.40. The summed E-state index contributed by atoms with van der Waals surface area (Å²) in [7, 11) is 0. The summed E-state index contributed by atoms with van der Waals surface area (Å²) in [5.41, 5.74) is -0.991. The zero-order chi connectivity index (χ0) is 18.0. The molecule has 1 aliphatic heterocycles. The molecule has 1 aromatic rings. The normalized spacial score (nSPS) is 21.8. The van der Waals surface area contributed by atoms with Crippen molar-refractivity contribution in [3.05, 3.63) is 11.7 Å². The molecule has 0 spiro atoms. The van der Waals surface area contributed by atoms with Gasteiger partial charge in [0.25, 0.3) is 0 Å². The summed E-state index contributed by atoms with van der Waals surface area (Å²) in [5.74, 6) is 0.372. The number of aromatic nitrogens is 2. The van der Waals surface area contributed by atoms with Crippen LogP contribution in [0.25, 0.3) is 0 Å². The van der Waals surface area contributed by atoms with Gasteiger partial charge in [0.2, 0.25) is 11.8 Å². The maximum absolute atomic E-state index is 12.3.